The van der Waals surface area contributed by atoms with E-state index in [0.717, 1.165) is 32.1 Å². The lowest BCUT2D eigenvalue weighted by atomic mass is 9.96. The number of sulfonamides is 1. The third kappa shape index (κ3) is 4.02. The van der Waals surface area contributed by atoms with Gasteiger partial charge in [-0.1, -0.05) is 19.3 Å². The summed E-state index contributed by atoms with van der Waals surface area (Å²) < 4.78 is 41.7. The van der Waals surface area contributed by atoms with Crippen LogP contribution in [0.4, 0.5) is 4.39 Å². The molecule has 1 saturated carbocycles. The Balaban J connectivity index is 2.29. The summed E-state index contributed by atoms with van der Waals surface area (Å²) in [4.78, 5) is 0.0540. The van der Waals surface area contributed by atoms with Crippen molar-refractivity contribution in [2.24, 2.45) is 0 Å². The van der Waals surface area contributed by atoms with Crippen LogP contribution in [0.25, 0.3) is 0 Å². The minimum Gasteiger partial charge on any atom is -0.316 e. The van der Waals surface area contributed by atoms with Gasteiger partial charge in [-0.05, 0) is 44.5 Å². The summed E-state index contributed by atoms with van der Waals surface area (Å²) in [5, 5.41) is 2.91. The first-order valence-corrected chi connectivity index (χ1v) is 8.88. The normalized spacial score (nSPS) is 17.1. The average Bonchev–Trinajstić information content (AvgIpc) is 2.43. The van der Waals surface area contributed by atoms with Gasteiger partial charge >= 0.3 is 0 Å². The van der Waals surface area contributed by atoms with E-state index < -0.39 is 15.8 Å². The highest BCUT2D eigenvalue weighted by atomic mass is 32.2. The molecule has 1 aliphatic rings. The number of benzene rings is 1. The lowest BCUT2D eigenvalue weighted by molar-refractivity contribution is 0.412. The van der Waals surface area contributed by atoms with Crippen molar-refractivity contribution in [3.05, 3.63) is 29.1 Å². The molecule has 0 spiro atoms. The van der Waals surface area contributed by atoms with Crippen LogP contribution in [0.1, 0.15) is 43.2 Å². The van der Waals surface area contributed by atoms with Crippen molar-refractivity contribution in [3.63, 3.8) is 0 Å². The minimum absolute atomic E-state index is 0.0285. The molecule has 0 amide bonds. The van der Waals surface area contributed by atoms with Crippen molar-refractivity contribution in [2.75, 3.05) is 7.05 Å². The van der Waals surface area contributed by atoms with Crippen LogP contribution in [0.2, 0.25) is 0 Å². The van der Waals surface area contributed by atoms with E-state index in [1.165, 1.54) is 13.0 Å². The van der Waals surface area contributed by atoms with E-state index >= 15 is 0 Å². The summed E-state index contributed by atoms with van der Waals surface area (Å²) in [5.41, 5.74) is 0.808. The molecule has 4 nitrogen and oxygen atoms in total. The first-order chi connectivity index (χ1) is 9.94. The summed E-state index contributed by atoms with van der Waals surface area (Å²) in [5.74, 6) is -0.480. The molecule has 0 unspecified atom stereocenters. The maximum atomic E-state index is 14.0. The molecule has 6 heteroatoms. The van der Waals surface area contributed by atoms with Gasteiger partial charge in [0.15, 0.2) is 0 Å². The summed E-state index contributed by atoms with van der Waals surface area (Å²) >= 11 is 0. The molecule has 1 aliphatic carbocycles. The Bertz CT molecular complexity index is 596. The lowest BCUT2D eigenvalue weighted by Gasteiger charge is -2.23. The molecule has 0 bridgehead atoms. The summed E-state index contributed by atoms with van der Waals surface area (Å²) in [6.07, 6.45) is 4.96. The summed E-state index contributed by atoms with van der Waals surface area (Å²) in [6.45, 7) is 1.94. The van der Waals surface area contributed by atoms with Gasteiger partial charge in [0.1, 0.15) is 5.82 Å². The molecule has 0 atom stereocenters. The Hall–Kier alpha value is -0.980. The number of hydrogen-bond donors (Lipinski definition) is 2. The van der Waals surface area contributed by atoms with Crippen LogP contribution < -0.4 is 10.0 Å². The van der Waals surface area contributed by atoms with Crippen molar-refractivity contribution < 1.29 is 12.8 Å². The fourth-order valence-electron chi connectivity index (χ4n) is 2.80. The molecule has 118 valence electrons. The van der Waals surface area contributed by atoms with E-state index in [2.05, 4.69) is 10.0 Å². The largest absolute Gasteiger partial charge is 0.316 e. The minimum atomic E-state index is -3.67. The van der Waals surface area contributed by atoms with E-state index in [1.54, 1.807) is 13.1 Å². The van der Waals surface area contributed by atoms with Gasteiger partial charge in [-0.3, -0.25) is 0 Å². The first-order valence-electron chi connectivity index (χ1n) is 7.40. The molecule has 2 N–H and O–H groups in total. The van der Waals surface area contributed by atoms with Crippen molar-refractivity contribution in [1.82, 2.24) is 10.0 Å². The maximum absolute atomic E-state index is 14.0. The second kappa shape index (κ2) is 6.85. The van der Waals surface area contributed by atoms with Crippen LogP contribution in [-0.2, 0) is 16.6 Å². The standard InChI is InChI=1S/C15H23FN2O2S/c1-11-14(16)8-12(10-17-2)9-15(11)21(19,20)18-13-6-4-3-5-7-13/h8-9,13,17-18H,3-7,10H2,1-2H3. The molecular formula is C15H23FN2O2S. The van der Waals surface area contributed by atoms with Crippen LogP contribution in [0, 0.1) is 12.7 Å². The fourth-order valence-corrected chi connectivity index (χ4v) is 4.40. The van der Waals surface area contributed by atoms with E-state index in [-0.39, 0.29) is 16.5 Å². The highest BCUT2D eigenvalue weighted by Crippen LogP contribution is 2.24. The second-order valence-electron chi connectivity index (χ2n) is 5.69. The van der Waals surface area contributed by atoms with Gasteiger partial charge in [0.25, 0.3) is 0 Å². The molecule has 0 aromatic heterocycles. The van der Waals surface area contributed by atoms with Crippen LogP contribution in [-0.4, -0.2) is 21.5 Å². The van der Waals surface area contributed by atoms with Crippen LogP contribution >= 0.6 is 0 Å². The van der Waals surface area contributed by atoms with Crippen molar-refractivity contribution in [1.29, 1.82) is 0 Å². The van der Waals surface area contributed by atoms with E-state index in [9.17, 15) is 12.8 Å². The topological polar surface area (TPSA) is 58.2 Å². The van der Waals surface area contributed by atoms with Crippen molar-refractivity contribution in [2.45, 2.75) is 56.5 Å². The van der Waals surface area contributed by atoms with Gasteiger partial charge in [0.2, 0.25) is 10.0 Å². The zero-order valence-electron chi connectivity index (χ0n) is 12.6. The summed E-state index contributed by atoms with van der Waals surface area (Å²) in [6, 6.07) is 2.91. The average molecular weight is 314 g/mol. The SMILES string of the molecule is CNCc1cc(F)c(C)c(S(=O)(=O)NC2CCCCC2)c1. The molecule has 0 aliphatic heterocycles. The van der Waals surface area contributed by atoms with Crippen LogP contribution in [0.15, 0.2) is 17.0 Å². The number of nitrogens with one attached hydrogen (secondary N) is 2. The van der Waals surface area contributed by atoms with Gasteiger partial charge in [0, 0.05) is 18.2 Å². The first kappa shape index (κ1) is 16.4. The molecule has 0 heterocycles. The predicted molar refractivity (Wildman–Crippen MR) is 81.1 cm³/mol. The highest BCUT2D eigenvalue weighted by molar-refractivity contribution is 7.89. The van der Waals surface area contributed by atoms with Crippen molar-refractivity contribution in [3.8, 4) is 0 Å². The third-order valence-corrected chi connectivity index (χ3v) is 5.60. The zero-order chi connectivity index (χ0) is 15.5. The molecular weight excluding hydrogens is 291 g/mol. The van der Waals surface area contributed by atoms with E-state index in [0.29, 0.717) is 12.1 Å². The molecule has 0 saturated heterocycles. The van der Waals surface area contributed by atoms with Crippen molar-refractivity contribution >= 4 is 10.0 Å². The van der Waals surface area contributed by atoms with Gasteiger partial charge in [-0.2, -0.15) is 0 Å². The Morgan fingerprint density at radius 2 is 1.90 bits per heavy atom. The Morgan fingerprint density at radius 1 is 1.24 bits per heavy atom. The molecule has 0 radical (unpaired) electrons. The van der Waals surface area contributed by atoms with Crippen LogP contribution in [0.3, 0.4) is 0 Å². The zero-order valence-corrected chi connectivity index (χ0v) is 13.4. The molecule has 1 fully saturated rings. The van der Waals surface area contributed by atoms with Gasteiger partial charge in [0.05, 0.1) is 4.90 Å². The Morgan fingerprint density at radius 3 is 2.52 bits per heavy atom. The number of rotatable bonds is 5. The molecule has 21 heavy (non-hydrogen) atoms. The molecule has 1 aromatic carbocycles. The highest BCUT2D eigenvalue weighted by Gasteiger charge is 2.24. The molecule has 2 rings (SSSR count). The smallest absolute Gasteiger partial charge is 0.241 e. The van der Waals surface area contributed by atoms with Gasteiger partial charge in [-0.15, -0.1) is 0 Å². The monoisotopic (exact) mass is 314 g/mol. The number of halogens is 1. The number of hydrogen-bond acceptors (Lipinski definition) is 3. The maximum Gasteiger partial charge on any atom is 0.241 e. The predicted octanol–water partition coefficient (Wildman–Crippen LogP) is 2.46. The third-order valence-electron chi connectivity index (χ3n) is 3.95. The van der Waals surface area contributed by atoms with Crippen LogP contribution in [0.5, 0.6) is 0 Å². The van der Waals surface area contributed by atoms with E-state index in [4.69, 9.17) is 0 Å². The van der Waals surface area contributed by atoms with E-state index in [1.807, 2.05) is 0 Å². The Kier molecular flexibility index (Phi) is 5.35. The lowest BCUT2D eigenvalue weighted by Crippen LogP contribution is -2.36. The molecule has 1 aromatic rings. The quantitative estimate of drug-likeness (QED) is 0.878. The van der Waals surface area contributed by atoms with Gasteiger partial charge in [-0.25, -0.2) is 17.5 Å². The fraction of sp³-hybridized carbons (Fsp3) is 0.600. The summed E-state index contributed by atoms with van der Waals surface area (Å²) in [7, 11) is -1.93. The Labute approximate surface area is 126 Å². The second-order valence-corrected chi connectivity index (χ2v) is 7.37. The van der Waals surface area contributed by atoms with Gasteiger partial charge < -0.3 is 5.32 Å².